The Morgan fingerprint density at radius 3 is 2.67 bits per heavy atom. The summed E-state index contributed by atoms with van der Waals surface area (Å²) < 4.78 is 12.9. The van der Waals surface area contributed by atoms with Crippen molar-refractivity contribution in [2.45, 2.75) is 45.4 Å². The Bertz CT molecular complexity index is 393. The van der Waals surface area contributed by atoms with Crippen molar-refractivity contribution >= 4 is 17.3 Å². The average molecular weight is 252 g/mol. The molecule has 0 aliphatic heterocycles. The van der Waals surface area contributed by atoms with Crippen LogP contribution in [0.1, 0.15) is 45.4 Å². The van der Waals surface area contributed by atoms with Gasteiger partial charge < -0.3 is 11.1 Å². The maximum Gasteiger partial charge on any atom is 0.224 e. The Morgan fingerprint density at radius 2 is 2.00 bits per heavy atom. The molecule has 0 bridgehead atoms. The van der Waals surface area contributed by atoms with Crippen LogP contribution in [0.5, 0.6) is 0 Å². The van der Waals surface area contributed by atoms with E-state index < -0.39 is 5.82 Å². The van der Waals surface area contributed by atoms with E-state index in [-0.39, 0.29) is 11.6 Å². The van der Waals surface area contributed by atoms with Gasteiger partial charge in [0.2, 0.25) is 5.91 Å². The summed E-state index contributed by atoms with van der Waals surface area (Å²) in [6, 6.07) is 4.21. The quantitative estimate of drug-likeness (QED) is 0.574. The van der Waals surface area contributed by atoms with Gasteiger partial charge in [-0.25, -0.2) is 4.39 Å². The van der Waals surface area contributed by atoms with Gasteiger partial charge in [0.05, 0.1) is 5.69 Å². The summed E-state index contributed by atoms with van der Waals surface area (Å²) in [5, 5.41) is 2.72. The van der Waals surface area contributed by atoms with E-state index in [1.807, 2.05) is 0 Å². The maximum atomic E-state index is 12.9. The van der Waals surface area contributed by atoms with E-state index in [0.717, 1.165) is 12.8 Å². The summed E-state index contributed by atoms with van der Waals surface area (Å²) in [6.45, 7) is 2.16. The van der Waals surface area contributed by atoms with Crippen LogP contribution in [0.2, 0.25) is 0 Å². The van der Waals surface area contributed by atoms with Crippen molar-refractivity contribution in [1.82, 2.24) is 0 Å². The monoisotopic (exact) mass is 252 g/mol. The summed E-state index contributed by atoms with van der Waals surface area (Å²) in [5.41, 5.74) is 6.03. The molecule has 3 nitrogen and oxygen atoms in total. The number of amides is 1. The van der Waals surface area contributed by atoms with Crippen LogP contribution in [0.4, 0.5) is 15.8 Å². The smallest absolute Gasteiger partial charge is 0.224 e. The topological polar surface area (TPSA) is 55.1 Å². The fourth-order valence-corrected chi connectivity index (χ4v) is 1.73. The minimum absolute atomic E-state index is 0.0440. The van der Waals surface area contributed by atoms with Crippen LogP contribution in [0.3, 0.4) is 0 Å². The summed E-state index contributed by atoms with van der Waals surface area (Å²) in [5.74, 6) is -0.509. The highest BCUT2D eigenvalue weighted by Gasteiger charge is 2.04. The number of hydrogen-bond donors (Lipinski definition) is 2. The lowest BCUT2D eigenvalue weighted by molar-refractivity contribution is -0.116. The highest BCUT2D eigenvalue weighted by atomic mass is 19.1. The molecule has 0 saturated carbocycles. The molecule has 3 N–H and O–H groups in total. The van der Waals surface area contributed by atoms with Crippen molar-refractivity contribution in [2.75, 3.05) is 11.1 Å². The Morgan fingerprint density at radius 1 is 1.28 bits per heavy atom. The third kappa shape index (κ3) is 5.17. The molecule has 0 fully saturated rings. The molecule has 0 saturated heterocycles. The van der Waals surface area contributed by atoms with Gasteiger partial charge in [0, 0.05) is 12.1 Å². The molecule has 100 valence electrons. The van der Waals surface area contributed by atoms with Crippen LogP contribution in [0.15, 0.2) is 18.2 Å². The fraction of sp³-hybridized carbons (Fsp3) is 0.500. The number of nitrogen functional groups attached to an aromatic ring is 1. The van der Waals surface area contributed by atoms with Crippen LogP contribution in [-0.2, 0) is 4.79 Å². The second kappa shape index (κ2) is 7.69. The van der Waals surface area contributed by atoms with E-state index in [2.05, 4.69) is 12.2 Å². The molecular weight excluding hydrogens is 231 g/mol. The van der Waals surface area contributed by atoms with Crippen molar-refractivity contribution in [1.29, 1.82) is 0 Å². The first-order chi connectivity index (χ1) is 8.63. The SMILES string of the molecule is CCCCCCCC(=O)Nc1ccc(F)c(N)c1. The predicted molar refractivity (Wildman–Crippen MR) is 72.8 cm³/mol. The molecule has 0 aromatic heterocycles. The van der Waals surface area contributed by atoms with Crippen LogP contribution < -0.4 is 11.1 Å². The second-order valence-electron chi connectivity index (χ2n) is 4.45. The third-order valence-electron chi connectivity index (χ3n) is 2.79. The lowest BCUT2D eigenvalue weighted by Crippen LogP contribution is -2.11. The van der Waals surface area contributed by atoms with Gasteiger partial charge in [-0.15, -0.1) is 0 Å². The number of nitrogens with two attached hydrogens (primary N) is 1. The highest BCUT2D eigenvalue weighted by molar-refractivity contribution is 5.91. The van der Waals surface area contributed by atoms with E-state index in [4.69, 9.17) is 5.73 Å². The van der Waals surface area contributed by atoms with E-state index in [1.54, 1.807) is 0 Å². The number of carbonyl (C=O) groups excluding carboxylic acids is 1. The second-order valence-corrected chi connectivity index (χ2v) is 4.45. The Kier molecular flexibility index (Phi) is 6.19. The molecule has 0 atom stereocenters. The molecule has 1 aromatic carbocycles. The number of benzene rings is 1. The van der Waals surface area contributed by atoms with Gasteiger partial charge in [0.25, 0.3) is 0 Å². The Balaban J connectivity index is 2.29. The maximum absolute atomic E-state index is 12.9. The first-order valence-corrected chi connectivity index (χ1v) is 6.48. The lowest BCUT2D eigenvalue weighted by atomic mass is 10.1. The van der Waals surface area contributed by atoms with Gasteiger partial charge in [0.15, 0.2) is 0 Å². The van der Waals surface area contributed by atoms with Gasteiger partial charge in [-0.3, -0.25) is 4.79 Å². The molecular formula is C14H21FN2O. The van der Waals surface area contributed by atoms with Crippen molar-refractivity contribution in [3.05, 3.63) is 24.0 Å². The number of carbonyl (C=O) groups is 1. The van der Waals surface area contributed by atoms with Crippen LogP contribution in [-0.4, -0.2) is 5.91 Å². The van der Waals surface area contributed by atoms with E-state index in [9.17, 15) is 9.18 Å². The summed E-state index contributed by atoms with van der Waals surface area (Å²) in [4.78, 5) is 11.6. The number of anilines is 2. The fourth-order valence-electron chi connectivity index (χ4n) is 1.73. The highest BCUT2D eigenvalue weighted by Crippen LogP contribution is 2.16. The van der Waals surface area contributed by atoms with E-state index >= 15 is 0 Å². The number of nitrogens with one attached hydrogen (secondary N) is 1. The number of hydrogen-bond acceptors (Lipinski definition) is 2. The zero-order valence-corrected chi connectivity index (χ0v) is 10.8. The van der Waals surface area contributed by atoms with Gasteiger partial charge in [0.1, 0.15) is 5.82 Å². The van der Waals surface area contributed by atoms with E-state index in [1.165, 1.54) is 37.5 Å². The summed E-state index contributed by atoms with van der Waals surface area (Å²) >= 11 is 0. The molecule has 18 heavy (non-hydrogen) atoms. The zero-order chi connectivity index (χ0) is 13.4. The summed E-state index contributed by atoms with van der Waals surface area (Å²) in [6.07, 6.45) is 6.06. The molecule has 4 heteroatoms. The molecule has 1 amide bonds. The molecule has 0 spiro atoms. The zero-order valence-electron chi connectivity index (χ0n) is 10.8. The van der Waals surface area contributed by atoms with Crippen molar-refractivity contribution in [3.63, 3.8) is 0 Å². The number of rotatable bonds is 7. The molecule has 1 rings (SSSR count). The normalized spacial score (nSPS) is 10.3. The van der Waals surface area contributed by atoms with Gasteiger partial charge in [-0.1, -0.05) is 32.6 Å². The van der Waals surface area contributed by atoms with E-state index in [0.29, 0.717) is 12.1 Å². The van der Waals surface area contributed by atoms with Crippen LogP contribution in [0, 0.1) is 5.82 Å². The van der Waals surface area contributed by atoms with Crippen molar-refractivity contribution in [3.8, 4) is 0 Å². The lowest BCUT2D eigenvalue weighted by Gasteiger charge is -2.06. The van der Waals surface area contributed by atoms with Gasteiger partial charge in [-0.05, 0) is 24.6 Å². The van der Waals surface area contributed by atoms with Crippen LogP contribution in [0.25, 0.3) is 0 Å². The molecule has 0 radical (unpaired) electrons. The first kappa shape index (κ1) is 14.5. The third-order valence-corrected chi connectivity index (χ3v) is 2.79. The minimum atomic E-state index is -0.465. The largest absolute Gasteiger partial charge is 0.396 e. The predicted octanol–water partition coefficient (Wildman–Crippen LogP) is 3.71. The van der Waals surface area contributed by atoms with Crippen molar-refractivity contribution in [2.24, 2.45) is 0 Å². The average Bonchev–Trinajstić information content (AvgIpc) is 2.34. The summed E-state index contributed by atoms with van der Waals surface area (Å²) in [7, 11) is 0. The molecule has 0 aliphatic carbocycles. The molecule has 0 heterocycles. The molecule has 0 aliphatic rings. The Labute approximate surface area is 108 Å². The van der Waals surface area contributed by atoms with Crippen LogP contribution >= 0.6 is 0 Å². The number of unbranched alkanes of at least 4 members (excludes halogenated alkanes) is 4. The standard InChI is InChI=1S/C14H21FN2O/c1-2-3-4-5-6-7-14(18)17-11-8-9-12(15)13(16)10-11/h8-10H,2-7,16H2,1H3,(H,17,18). The van der Waals surface area contributed by atoms with Crippen molar-refractivity contribution < 1.29 is 9.18 Å². The Hall–Kier alpha value is -1.58. The number of halogens is 1. The van der Waals surface area contributed by atoms with Gasteiger partial charge >= 0.3 is 0 Å². The first-order valence-electron chi connectivity index (χ1n) is 6.48. The van der Waals surface area contributed by atoms with Gasteiger partial charge in [-0.2, -0.15) is 0 Å². The molecule has 0 unspecified atom stereocenters. The molecule has 1 aromatic rings. The minimum Gasteiger partial charge on any atom is -0.396 e.